The van der Waals surface area contributed by atoms with E-state index in [1.807, 2.05) is 25.2 Å². The molecule has 0 radical (unpaired) electrons. The van der Waals surface area contributed by atoms with Gasteiger partial charge in [0.1, 0.15) is 0 Å². The maximum Gasteiger partial charge on any atom is 0.193 e. The summed E-state index contributed by atoms with van der Waals surface area (Å²) in [6.07, 6.45) is 0. The Hall–Kier alpha value is -0.820. The van der Waals surface area contributed by atoms with Crippen molar-refractivity contribution in [2.24, 2.45) is 4.99 Å². The van der Waals surface area contributed by atoms with Crippen LogP contribution < -0.4 is 5.32 Å². The number of nitrogens with zero attached hydrogens (tertiary/aromatic N) is 2. The third-order valence-electron chi connectivity index (χ3n) is 2.70. The second kappa shape index (κ2) is 8.31. The Morgan fingerprint density at radius 2 is 2.11 bits per heavy atom. The highest BCUT2D eigenvalue weighted by molar-refractivity contribution is 14.0. The molecule has 0 fully saturated rings. The quantitative estimate of drug-likeness (QED) is 0.641. The molecule has 1 aromatic carbocycles. The number of hydrogen-bond donors (Lipinski definition) is 1. The Kier molecular flexibility index (Phi) is 7.04. The van der Waals surface area contributed by atoms with E-state index in [4.69, 9.17) is 4.74 Å². The van der Waals surface area contributed by atoms with E-state index in [1.54, 1.807) is 0 Å². The van der Waals surface area contributed by atoms with Gasteiger partial charge in [-0.1, -0.05) is 30.3 Å². The van der Waals surface area contributed by atoms with Crippen molar-refractivity contribution in [3.05, 3.63) is 35.9 Å². The van der Waals surface area contributed by atoms with E-state index in [0.29, 0.717) is 13.2 Å². The maximum atomic E-state index is 5.58. The molecule has 1 heterocycles. The van der Waals surface area contributed by atoms with Gasteiger partial charge in [0.25, 0.3) is 0 Å². The average Bonchev–Trinajstić information content (AvgIpc) is 2.76. The molecule has 0 aromatic heterocycles. The number of halogens is 1. The topological polar surface area (TPSA) is 36.9 Å². The van der Waals surface area contributed by atoms with E-state index in [1.165, 1.54) is 5.56 Å². The predicted molar refractivity (Wildman–Crippen MR) is 84.4 cm³/mol. The van der Waals surface area contributed by atoms with Gasteiger partial charge >= 0.3 is 0 Å². The first-order chi connectivity index (χ1) is 8.36. The molecule has 2 rings (SSSR count). The summed E-state index contributed by atoms with van der Waals surface area (Å²) < 4.78 is 5.58. The molecule has 1 aliphatic heterocycles. The van der Waals surface area contributed by atoms with Crippen LogP contribution in [0.4, 0.5) is 0 Å². The van der Waals surface area contributed by atoms with Crippen LogP contribution in [0.15, 0.2) is 35.3 Å². The van der Waals surface area contributed by atoms with Gasteiger partial charge in [0.2, 0.25) is 0 Å². The average molecular weight is 361 g/mol. The van der Waals surface area contributed by atoms with Crippen LogP contribution in [0.5, 0.6) is 0 Å². The lowest BCUT2D eigenvalue weighted by molar-refractivity contribution is 0.125. The molecule has 0 saturated carbocycles. The summed E-state index contributed by atoms with van der Waals surface area (Å²) >= 11 is 0. The fourth-order valence-electron chi connectivity index (χ4n) is 1.72. The van der Waals surface area contributed by atoms with Crippen molar-refractivity contribution in [1.29, 1.82) is 0 Å². The number of ether oxygens (including phenoxy) is 1. The zero-order chi connectivity index (χ0) is 11.9. The third-order valence-corrected chi connectivity index (χ3v) is 2.70. The van der Waals surface area contributed by atoms with Crippen molar-refractivity contribution in [2.75, 3.05) is 33.3 Å². The molecule has 18 heavy (non-hydrogen) atoms. The molecule has 100 valence electrons. The van der Waals surface area contributed by atoms with Crippen LogP contribution >= 0.6 is 24.0 Å². The zero-order valence-corrected chi connectivity index (χ0v) is 13.0. The van der Waals surface area contributed by atoms with E-state index >= 15 is 0 Å². The van der Waals surface area contributed by atoms with Crippen molar-refractivity contribution >= 4 is 29.9 Å². The predicted octanol–water partition coefficient (Wildman–Crippen LogP) is 1.71. The summed E-state index contributed by atoms with van der Waals surface area (Å²) in [6, 6.07) is 10.2. The van der Waals surface area contributed by atoms with Crippen LogP contribution in [0.3, 0.4) is 0 Å². The number of nitrogens with one attached hydrogen (secondary N) is 1. The molecule has 1 aromatic rings. The third kappa shape index (κ3) is 4.81. The smallest absolute Gasteiger partial charge is 0.193 e. The normalized spacial score (nSPS) is 14.1. The number of rotatable bonds is 5. The summed E-state index contributed by atoms with van der Waals surface area (Å²) in [5, 5.41) is 3.27. The number of likely N-dealkylation sites (N-methyl/N-ethyl adjacent to an activating group) is 1. The Morgan fingerprint density at radius 1 is 1.33 bits per heavy atom. The lowest BCUT2D eigenvalue weighted by atomic mass is 10.2. The molecular weight excluding hydrogens is 341 g/mol. The fourth-order valence-corrected chi connectivity index (χ4v) is 1.72. The highest BCUT2D eigenvalue weighted by atomic mass is 127. The van der Waals surface area contributed by atoms with Crippen molar-refractivity contribution in [3.8, 4) is 0 Å². The molecule has 0 aliphatic carbocycles. The Balaban J connectivity index is 0.00000162. The van der Waals surface area contributed by atoms with Gasteiger partial charge in [0.15, 0.2) is 5.96 Å². The molecule has 1 N–H and O–H groups in total. The van der Waals surface area contributed by atoms with Crippen LogP contribution in [0.25, 0.3) is 0 Å². The van der Waals surface area contributed by atoms with Crippen LogP contribution in [-0.4, -0.2) is 44.1 Å². The van der Waals surface area contributed by atoms with E-state index in [-0.39, 0.29) is 24.0 Å². The molecule has 0 saturated heterocycles. The summed E-state index contributed by atoms with van der Waals surface area (Å²) in [5.41, 5.74) is 1.21. The molecule has 4 nitrogen and oxygen atoms in total. The van der Waals surface area contributed by atoms with E-state index in [9.17, 15) is 0 Å². The summed E-state index contributed by atoms with van der Waals surface area (Å²) in [4.78, 5) is 6.47. The molecule has 0 amide bonds. The molecule has 1 aliphatic rings. The molecule has 0 spiro atoms. The SMILES string of the molecule is CN1CCN=C1NCCOCc1ccccc1.I. The van der Waals surface area contributed by atoms with Crippen LogP contribution in [0.2, 0.25) is 0 Å². The van der Waals surface area contributed by atoms with Gasteiger partial charge in [0, 0.05) is 20.1 Å². The molecule has 0 unspecified atom stereocenters. The van der Waals surface area contributed by atoms with Crippen molar-refractivity contribution < 1.29 is 4.74 Å². The van der Waals surface area contributed by atoms with Crippen molar-refractivity contribution in [1.82, 2.24) is 10.2 Å². The first-order valence-corrected chi connectivity index (χ1v) is 5.97. The second-order valence-electron chi connectivity index (χ2n) is 4.09. The number of guanidine groups is 1. The largest absolute Gasteiger partial charge is 0.375 e. The minimum absolute atomic E-state index is 0. The van der Waals surface area contributed by atoms with E-state index < -0.39 is 0 Å². The summed E-state index contributed by atoms with van der Waals surface area (Å²) in [6.45, 7) is 4.07. The maximum absolute atomic E-state index is 5.58. The number of hydrogen-bond acceptors (Lipinski definition) is 4. The summed E-state index contributed by atoms with van der Waals surface area (Å²) in [7, 11) is 2.05. The zero-order valence-electron chi connectivity index (χ0n) is 10.6. The van der Waals surface area contributed by atoms with Gasteiger partial charge in [-0.15, -0.1) is 24.0 Å². The van der Waals surface area contributed by atoms with E-state index in [2.05, 4.69) is 27.3 Å². The summed E-state index contributed by atoms with van der Waals surface area (Å²) in [5.74, 6) is 0.980. The Morgan fingerprint density at radius 3 is 2.78 bits per heavy atom. The first kappa shape index (κ1) is 15.2. The second-order valence-corrected chi connectivity index (χ2v) is 4.09. The Bertz CT molecular complexity index is 370. The molecular formula is C13H20IN3O. The fraction of sp³-hybridized carbons (Fsp3) is 0.462. The van der Waals surface area contributed by atoms with Crippen molar-refractivity contribution in [3.63, 3.8) is 0 Å². The number of aliphatic imine (C=N–C) groups is 1. The van der Waals surface area contributed by atoms with Crippen LogP contribution in [0, 0.1) is 0 Å². The first-order valence-electron chi connectivity index (χ1n) is 5.97. The minimum atomic E-state index is 0. The highest BCUT2D eigenvalue weighted by Gasteiger charge is 2.10. The molecule has 0 bridgehead atoms. The van der Waals surface area contributed by atoms with Gasteiger partial charge in [-0.2, -0.15) is 0 Å². The lowest BCUT2D eigenvalue weighted by Gasteiger charge is -2.15. The number of benzene rings is 1. The van der Waals surface area contributed by atoms with Gasteiger partial charge < -0.3 is 15.0 Å². The lowest BCUT2D eigenvalue weighted by Crippen LogP contribution is -2.37. The molecule has 0 atom stereocenters. The monoisotopic (exact) mass is 361 g/mol. The van der Waals surface area contributed by atoms with Gasteiger partial charge in [0.05, 0.1) is 19.8 Å². The minimum Gasteiger partial charge on any atom is -0.375 e. The molecule has 5 heteroatoms. The standard InChI is InChI=1S/C13H19N3O.HI/c1-16-9-7-14-13(16)15-8-10-17-11-12-5-3-2-4-6-12;/h2-6H,7-11H2,1H3,(H,14,15);1H. The van der Waals surface area contributed by atoms with Gasteiger partial charge in [-0.3, -0.25) is 4.99 Å². The van der Waals surface area contributed by atoms with Gasteiger partial charge in [-0.05, 0) is 5.56 Å². The van der Waals surface area contributed by atoms with Crippen LogP contribution in [0.1, 0.15) is 5.56 Å². The van der Waals surface area contributed by atoms with Crippen molar-refractivity contribution in [2.45, 2.75) is 6.61 Å². The van der Waals surface area contributed by atoms with Crippen LogP contribution in [-0.2, 0) is 11.3 Å². The highest BCUT2D eigenvalue weighted by Crippen LogP contribution is 2.00. The van der Waals surface area contributed by atoms with E-state index in [0.717, 1.165) is 25.6 Å². The Labute approximate surface area is 125 Å². The van der Waals surface area contributed by atoms with Gasteiger partial charge in [-0.25, -0.2) is 0 Å².